The number of hydrogen-bond acceptors (Lipinski definition) is 3. The van der Waals surface area contributed by atoms with Gasteiger partial charge in [-0.25, -0.2) is 0 Å². The van der Waals surface area contributed by atoms with Crippen molar-refractivity contribution in [3.8, 4) is 23.8 Å². The van der Waals surface area contributed by atoms with E-state index in [0.29, 0.717) is 5.75 Å². The number of terminal acetylenes is 1. The van der Waals surface area contributed by atoms with E-state index < -0.39 is 0 Å². The van der Waals surface area contributed by atoms with Gasteiger partial charge in [0.2, 0.25) is 0 Å². The van der Waals surface area contributed by atoms with Gasteiger partial charge in [0.05, 0.1) is 7.11 Å². The van der Waals surface area contributed by atoms with E-state index in [-0.39, 0.29) is 19.0 Å². The summed E-state index contributed by atoms with van der Waals surface area (Å²) in [7, 11) is 1.63. The van der Waals surface area contributed by atoms with Gasteiger partial charge < -0.3 is 14.8 Å². The number of ether oxygens (including phenoxy) is 2. The Bertz CT molecular complexity index is 388. The molecule has 0 aliphatic carbocycles. The average Bonchev–Trinajstić information content (AvgIpc) is 2.37. The van der Waals surface area contributed by atoms with Crippen molar-refractivity contribution in [3.05, 3.63) is 23.8 Å². The van der Waals surface area contributed by atoms with E-state index in [2.05, 4.69) is 18.2 Å². The van der Waals surface area contributed by atoms with Gasteiger partial charge in [0.1, 0.15) is 6.61 Å². The minimum absolute atomic E-state index is 0. The first kappa shape index (κ1) is 16.6. The van der Waals surface area contributed by atoms with Gasteiger partial charge in [-0.1, -0.05) is 18.9 Å². The predicted molar refractivity (Wildman–Crippen MR) is 76.6 cm³/mol. The van der Waals surface area contributed by atoms with E-state index in [1.165, 1.54) is 5.56 Å². The van der Waals surface area contributed by atoms with Gasteiger partial charge in [-0.2, -0.15) is 0 Å². The molecule has 0 saturated carbocycles. The van der Waals surface area contributed by atoms with Crippen molar-refractivity contribution in [1.29, 1.82) is 0 Å². The molecule has 0 unspecified atom stereocenters. The Morgan fingerprint density at radius 1 is 1.33 bits per heavy atom. The maximum absolute atomic E-state index is 5.38. The van der Waals surface area contributed by atoms with Crippen LogP contribution < -0.4 is 14.8 Å². The highest BCUT2D eigenvalue weighted by Gasteiger charge is 2.04. The number of methoxy groups -OCH3 is 1. The van der Waals surface area contributed by atoms with E-state index in [1.807, 2.05) is 18.2 Å². The van der Waals surface area contributed by atoms with Crippen LogP contribution in [0.3, 0.4) is 0 Å². The summed E-state index contributed by atoms with van der Waals surface area (Å²) in [5.74, 6) is 3.84. The Hall–Kier alpha value is -1.37. The summed E-state index contributed by atoms with van der Waals surface area (Å²) in [5.41, 5.74) is 1.17. The van der Waals surface area contributed by atoms with Crippen molar-refractivity contribution in [1.82, 2.24) is 5.32 Å². The van der Waals surface area contributed by atoms with Gasteiger partial charge >= 0.3 is 0 Å². The number of halogens is 1. The highest BCUT2D eigenvalue weighted by molar-refractivity contribution is 5.85. The number of hydrogen-bond donors (Lipinski definition) is 1. The number of rotatable bonds is 7. The van der Waals surface area contributed by atoms with Crippen LogP contribution in [0.5, 0.6) is 11.5 Å². The lowest BCUT2D eigenvalue weighted by Gasteiger charge is -2.11. The third-order valence-electron chi connectivity index (χ3n) is 2.29. The zero-order valence-corrected chi connectivity index (χ0v) is 11.7. The number of benzene rings is 1. The fraction of sp³-hybridized carbons (Fsp3) is 0.429. The second kappa shape index (κ2) is 9.64. The normalized spacial score (nSPS) is 9.17. The molecule has 0 atom stereocenters. The molecule has 1 aromatic carbocycles. The fourth-order valence-electron chi connectivity index (χ4n) is 1.47. The molecule has 0 aliphatic rings. The first-order chi connectivity index (χ1) is 8.31. The lowest BCUT2D eigenvalue weighted by Crippen LogP contribution is -2.13. The van der Waals surface area contributed by atoms with E-state index in [4.69, 9.17) is 15.9 Å². The molecular formula is C14H20ClNO2. The molecule has 4 heteroatoms. The van der Waals surface area contributed by atoms with Crippen LogP contribution in [-0.4, -0.2) is 20.3 Å². The molecule has 0 spiro atoms. The third kappa shape index (κ3) is 5.31. The van der Waals surface area contributed by atoms with E-state index in [9.17, 15) is 0 Å². The Kier molecular flexibility index (Phi) is 8.91. The molecule has 0 aliphatic heterocycles. The van der Waals surface area contributed by atoms with Gasteiger partial charge in [-0.3, -0.25) is 0 Å². The maximum atomic E-state index is 5.38. The molecule has 1 rings (SSSR count). The van der Waals surface area contributed by atoms with Crippen molar-refractivity contribution in [2.75, 3.05) is 20.3 Å². The highest BCUT2D eigenvalue weighted by Crippen LogP contribution is 2.27. The van der Waals surface area contributed by atoms with Crippen molar-refractivity contribution in [3.63, 3.8) is 0 Å². The van der Waals surface area contributed by atoms with Crippen molar-refractivity contribution in [2.24, 2.45) is 0 Å². The molecule has 0 fully saturated rings. The molecule has 0 heterocycles. The Labute approximate surface area is 115 Å². The molecule has 18 heavy (non-hydrogen) atoms. The molecule has 0 radical (unpaired) electrons. The van der Waals surface area contributed by atoms with E-state index in [1.54, 1.807) is 7.11 Å². The smallest absolute Gasteiger partial charge is 0.162 e. The van der Waals surface area contributed by atoms with Crippen LogP contribution in [0.15, 0.2) is 18.2 Å². The van der Waals surface area contributed by atoms with Crippen molar-refractivity contribution >= 4 is 12.4 Å². The summed E-state index contributed by atoms with van der Waals surface area (Å²) in [6.45, 7) is 4.24. The summed E-state index contributed by atoms with van der Waals surface area (Å²) in [6.07, 6.45) is 6.28. The van der Waals surface area contributed by atoms with Crippen LogP contribution in [0.4, 0.5) is 0 Å². The summed E-state index contributed by atoms with van der Waals surface area (Å²) in [4.78, 5) is 0. The van der Waals surface area contributed by atoms with Crippen LogP contribution in [-0.2, 0) is 6.54 Å². The average molecular weight is 270 g/mol. The lowest BCUT2D eigenvalue weighted by atomic mass is 10.2. The standard InChI is InChI=1S/C14H19NO2.ClH/c1-4-8-15-11-12-6-7-13(17-9-5-2)14(10-12)16-3;/h2,6-7,10,15H,4,8-9,11H2,1,3H3;1H. The zero-order chi connectivity index (χ0) is 12.5. The summed E-state index contributed by atoms with van der Waals surface area (Å²) in [6, 6.07) is 5.87. The van der Waals surface area contributed by atoms with E-state index >= 15 is 0 Å². The quantitative estimate of drug-likeness (QED) is 0.610. The molecule has 3 nitrogen and oxygen atoms in total. The van der Waals surface area contributed by atoms with Gasteiger partial charge in [0.25, 0.3) is 0 Å². The van der Waals surface area contributed by atoms with Crippen molar-refractivity contribution < 1.29 is 9.47 Å². The van der Waals surface area contributed by atoms with Gasteiger partial charge in [0, 0.05) is 6.54 Å². The predicted octanol–water partition coefficient (Wildman–Crippen LogP) is 2.63. The minimum Gasteiger partial charge on any atom is -0.493 e. The van der Waals surface area contributed by atoms with Gasteiger partial charge in [-0.05, 0) is 30.7 Å². The first-order valence-corrected chi connectivity index (χ1v) is 5.75. The summed E-state index contributed by atoms with van der Waals surface area (Å²) < 4.78 is 10.6. The second-order valence-electron chi connectivity index (χ2n) is 3.65. The van der Waals surface area contributed by atoms with Gasteiger partial charge in [-0.15, -0.1) is 18.8 Å². The molecule has 0 aromatic heterocycles. The van der Waals surface area contributed by atoms with Crippen LogP contribution in [0.1, 0.15) is 18.9 Å². The molecule has 1 aromatic rings. The largest absolute Gasteiger partial charge is 0.493 e. The van der Waals surface area contributed by atoms with Crippen LogP contribution in [0.2, 0.25) is 0 Å². The molecule has 0 amide bonds. The molecule has 0 bridgehead atoms. The lowest BCUT2D eigenvalue weighted by molar-refractivity contribution is 0.330. The maximum Gasteiger partial charge on any atom is 0.162 e. The Morgan fingerprint density at radius 2 is 2.11 bits per heavy atom. The van der Waals surface area contributed by atoms with Gasteiger partial charge in [0.15, 0.2) is 11.5 Å². The summed E-state index contributed by atoms with van der Waals surface area (Å²) >= 11 is 0. The first-order valence-electron chi connectivity index (χ1n) is 5.75. The molecule has 100 valence electrons. The van der Waals surface area contributed by atoms with Crippen LogP contribution >= 0.6 is 12.4 Å². The number of nitrogens with one attached hydrogen (secondary N) is 1. The Balaban J connectivity index is 0.00000289. The summed E-state index contributed by atoms with van der Waals surface area (Å²) in [5, 5.41) is 3.34. The SMILES string of the molecule is C#CCOc1ccc(CNCCC)cc1OC.Cl. The highest BCUT2D eigenvalue weighted by atomic mass is 35.5. The minimum atomic E-state index is 0. The van der Waals surface area contributed by atoms with Crippen LogP contribution in [0.25, 0.3) is 0 Å². The monoisotopic (exact) mass is 269 g/mol. The molecule has 0 saturated heterocycles. The molecular weight excluding hydrogens is 250 g/mol. The second-order valence-corrected chi connectivity index (χ2v) is 3.65. The zero-order valence-electron chi connectivity index (χ0n) is 10.9. The van der Waals surface area contributed by atoms with E-state index in [0.717, 1.165) is 25.3 Å². The van der Waals surface area contributed by atoms with Crippen molar-refractivity contribution in [2.45, 2.75) is 19.9 Å². The fourth-order valence-corrected chi connectivity index (χ4v) is 1.47. The topological polar surface area (TPSA) is 30.5 Å². The third-order valence-corrected chi connectivity index (χ3v) is 2.29. The van der Waals surface area contributed by atoms with Crippen LogP contribution in [0, 0.1) is 12.3 Å². The Morgan fingerprint density at radius 3 is 2.72 bits per heavy atom. The molecule has 1 N–H and O–H groups in total.